The van der Waals surface area contributed by atoms with Gasteiger partial charge in [-0.05, 0) is 24.3 Å². The Morgan fingerprint density at radius 1 is 1.24 bits per heavy atom. The Morgan fingerprint density at radius 2 is 1.94 bits per heavy atom. The number of anilines is 1. The number of nitriles is 1. The molecule has 2 N–H and O–H groups in total. The van der Waals surface area contributed by atoms with Crippen molar-refractivity contribution in [3.63, 3.8) is 0 Å². The third-order valence-corrected chi connectivity index (χ3v) is 2.34. The molecule has 1 aromatic heterocycles. The summed E-state index contributed by atoms with van der Waals surface area (Å²) in [4.78, 5) is 7.59. The predicted molar refractivity (Wildman–Crippen MR) is 62.7 cm³/mol. The van der Waals surface area contributed by atoms with E-state index in [9.17, 15) is 0 Å². The highest BCUT2D eigenvalue weighted by molar-refractivity contribution is 6.34. The van der Waals surface area contributed by atoms with Crippen LogP contribution in [0.3, 0.4) is 0 Å². The van der Waals surface area contributed by atoms with E-state index < -0.39 is 0 Å². The van der Waals surface area contributed by atoms with Gasteiger partial charge in [-0.1, -0.05) is 11.6 Å². The first-order valence-corrected chi connectivity index (χ1v) is 5.02. The van der Waals surface area contributed by atoms with E-state index in [1.807, 2.05) is 6.07 Å². The van der Waals surface area contributed by atoms with Crippen LogP contribution >= 0.6 is 11.6 Å². The van der Waals surface area contributed by atoms with Gasteiger partial charge in [-0.25, -0.2) is 4.98 Å². The molecule has 1 heterocycles. The molecule has 5 nitrogen and oxygen atoms in total. The Balaban J connectivity index is 2.26. The summed E-state index contributed by atoms with van der Waals surface area (Å²) in [5.41, 5.74) is 6.06. The number of nitrogen functional groups attached to an aromatic ring is 1. The van der Waals surface area contributed by atoms with Crippen molar-refractivity contribution < 1.29 is 4.74 Å². The number of halogens is 1. The topological polar surface area (TPSA) is 84.8 Å². The minimum Gasteiger partial charge on any atom is -0.437 e. The lowest BCUT2D eigenvalue weighted by atomic mass is 10.2. The normalized spacial score (nSPS) is 9.65. The van der Waals surface area contributed by atoms with E-state index in [-0.39, 0.29) is 16.7 Å². The minimum absolute atomic E-state index is 0.158. The summed E-state index contributed by atoms with van der Waals surface area (Å²) < 4.78 is 5.42. The second-order valence-corrected chi connectivity index (χ2v) is 3.49. The Bertz CT molecular complexity index is 577. The number of hydrogen-bond donors (Lipinski definition) is 1. The number of rotatable bonds is 2. The maximum absolute atomic E-state index is 8.65. The van der Waals surface area contributed by atoms with Crippen LogP contribution < -0.4 is 10.5 Å². The van der Waals surface area contributed by atoms with Crippen LogP contribution in [0, 0.1) is 11.3 Å². The minimum atomic E-state index is 0.158. The summed E-state index contributed by atoms with van der Waals surface area (Å²) in [6.45, 7) is 0. The summed E-state index contributed by atoms with van der Waals surface area (Å²) in [6.07, 6.45) is 1.26. The van der Waals surface area contributed by atoms with Crippen molar-refractivity contribution in [2.24, 2.45) is 0 Å². The third kappa shape index (κ3) is 2.44. The van der Waals surface area contributed by atoms with Gasteiger partial charge in [0.05, 0.1) is 11.6 Å². The average molecular weight is 247 g/mol. The molecule has 0 amide bonds. The van der Waals surface area contributed by atoms with Gasteiger partial charge in [0.25, 0.3) is 0 Å². The first-order valence-electron chi connectivity index (χ1n) is 4.64. The lowest BCUT2D eigenvalue weighted by Gasteiger charge is -2.06. The van der Waals surface area contributed by atoms with Crippen molar-refractivity contribution in [3.8, 4) is 17.7 Å². The summed E-state index contributed by atoms with van der Waals surface area (Å²) in [6, 6.07) is 8.57. The zero-order valence-electron chi connectivity index (χ0n) is 8.59. The smallest absolute Gasteiger partial charge is 0.243 e. The SMILES string of the molecule is N#Cc1ccc(Oc2ncnc(N)c2Cl)cc1. The molecule has 0 bridgehead atoms. The molecule has 0 aliphatic rings. The van der Waals surface area contributed by atoms with Crippen LogP contribution in [0.4, 0.5) is 5.82 Å². The fourth-order valence-electron chi connectivity index (χ4n) is 1.15. The van der Waals surface area contributed by atoms with E-state index in [1.54, 1.807) is 24.3 Å². The zero-order chi connectivity index (χ0) is 12.3. The van der Waals surface area contributed by atoms with E-state index >= 15 is 0 Å². The van der Waals surface area contributed by atoms with Crippen molar-refractivity contribution in [1.29, 1.82) is 5.26 Å². The molecular weight excluding hydrogens is 240 g/mol. The number of nitrogens with two attached hydrogens (primary N) is 1. The first-order chi connectivity index (χ1) is 8.20. The molecular formula is C11H7ClN4O. The molecule has 84 valence electrons. The maximum Gasteiger partial charge on any atom is 0.243 e. The Labute approximate surface area is 102 Å². The number of ether oxygens (including phenoxy) is 1. The molecule has 2 rings (SSSR count). The van der Waals surface area contributed by atoms with Crippen LogP contribution in [0.5, 0.6) is 11.6 Å². The van der Waals surface area contributed by atoms with E-state index in [0.29, 0.717) is 11.3 Å². The Hall–Kier alpha value is -2.32. The fourth-order valence-corrected chi connectivity index (χ4v) is 1.28. The highest BCUT2D eigenvalue weighted by atomic mass is 35.5. The van der Waals surface area contributed by atoms with Gasteiger partial charge < -0.3 is 10.5 Å². The van der Waals surface area contributed by atoms with Gasteiger partial charge >= 0.3 is 0 Å². The molecule has 0 fully saturated rings. The molecule has 6 heteroatoms. The average Bonchev–Trinajstić information content (AvgIpc) is 2.36. The van der Waals surface area contributed by atoms with E-state index in [4.69, 9.17) is 27.3 Å². The molecule has 0 radical (unpaired) electrons. The van der Waals surface area contributed by atoms with Crippen LogP contribution in [0.1, 0.15) is 5.56 Å². The van der Waals surface area contributed by atoms with Crippen LogP contribution in [0.25, 0.3) is 0 Å². The highest BCUT2D eigenvalue weighted by Crippen LogP contribution is 2.29. The van der Waals surface area contributed by atoms with Gasteiger partial charge in [0.1, 0.15) is 22.9 Å². The second-order valence-electron chi connectivity index (χ2n) is 3.12. The van der Waals surface area contributed by atoms with Crippen molar-refractivity contribution >= 4 is 17.4 Å². The molecule has 0 aliphatic carbocycles. The molecule has 0 spiro atoms. The number of aromatic nitrogens is 2. The van der Waals surface area contributed by atoms with Gasteiger partial charge in [0.15, 0.2) is 0 Å². The summed E-state index contributed by atoms with van der Waals surface area (Å²) in [5, 5.41) is 8.81. The van der Waals surface area contributed by atoms with Crippen molar-refractivity contribution in [1.82, 2.24) is 9.97 Å². The maximum atomic E-state index is 8.65. The number of nitrogens with zero attached hydrogens (tertiary/aromatic N) is 3. The van der Waals surface area contributed by atoms with Gasteiger partial charge in [-0.2, -0.15) is 10.2 Å². The number of benzene rings is 1. The fraction of sp³-hybridized carbons (Fsp3) is 0. The Kier molecular flexibility index (Phi) is 3.08. The van der Waals surface area contributed by atoms with E-state index in [2.05, 4.69) is 9.97 Å². The highest BCUT2D eigenvalue weighted by Gasteiger charge is 2.08. The molecule has 0 saturated heterocycles. The summed E-state index contributed by atoms with van der Waals surface area (Å²) in [7, 11) is 0. The van der Waals surface area contributed by atoms with Crippen LogP contribution in [-0.4, -0.2) is 9.97 Å². The molecule has 0 unspecified atom stereocenters. The van der Waals surface area contributed by atoms with Gasteiger partial charge in [-0.15, -0.1) is 0 Å². The largest absolute Gasteiger partial charge is 0.437 e. The molecule has 1 aromatic carbocycles. The van der Waals surface area contributed by atoms with Crippen LogP contribution in [0.15, 0.2) is 30.6 Å². The second kappa shape index (κ2) is 4.68. The third-order valence-electron chi connectivity index (χ3n) is 1.98. The van der Waals surface area contributed by atoms with E-state index in [0.717, 1.165) is 0 Å². The van der Waals surface area contributed by atoms with Crippen LogP contribution in [0.2, 0.25) is 5.02 Å². The standard InChI is InChI=1S/C11H7ClN4O/c12-9-10(14)15-6-16-11(9)17-8-3-1-7(5-13)2-4-8/h1-4,6H,(H2,14,15,16). The predicted octanol–water partition coefficient (Wildman–Crippen LogP) is 2.38. The monoisotopic (exact) mass is 246 g/mol. The quantitative estimate of drug-likeness (QED) is 0.879. The zero-order valence-corrected chi connectivity index (χ0v) is 9.35. The number of hydrogen-bond acceptors (Lipinski definition) is 5. The van der Waals surface area contributed by atoms with Gasteiger partial charge in [0, 0.05) is 0 Å². The van der Waals surface area contributed by atoms with Crippen molar-refractivity contribution in [3.05, 3.63) is 41.2 Å². The summed E-state index contributed by atoms with van der Waals surface area (Å²) >= 11 is 5.87. The molecule has 0 saturated carbocycles. The van der Waals surface area contributed by atoms with Crippen molar-refractivity contribution in [2.45, 2.75) is 0 Å². The van der Waals surface area contributed by atoms with Crippen LogP contribution in [-0.2, 0) is 0 Å². The lowest BCUT2D eigenvalue weighted by molar-refractivity contribution is 0.462. The van der Waals surface area contributed by atoms with Crippen molar-refractivity contribution in [2.75, 3.05) is 5.73 Å². The first kappa shape index (κ1) is 11.2. The summed E-state index contributed by atoms with van der Waals surface area (Å²) in [5.74, 6) is 0.859. The lowest BCUT2D eigenvalue weighted by Crippen LogP contribution is -1.96. The van der Waals surface area contributed by atoms with Gasteiger partial charge in [-0.3, -0.25) is 0 Å². The molecule has 0 aliphatic heterocycles. The molecule has 2 aromatic rings. The Morgan fingerprint density at radius 3 is 2.59 bits per heavy atom. The molecule has 0 atom stereocenters. The van der Waals surface area contributed by atoms with Gasteiger partial charge in [0.2, 0.25) is 5.88 Å². The van der Waals surface area contributed by atoms with E-state index in [1.165, 1.54) is 6.33 Å². The molecule has 17 heavy (non-hydrogen) atoms.